The summed E-state index contributed by atoms with van der Waals surface area (Å²) in [5.74, 6) is 1.40. The van der Waals surface area contributed by atoms with E-state index in [1.807, 2.05) is 35.2 Å². The van der Waals surface area contributed by atoms with E-state index in [1.54, 1.807) is 6.20 Å². The maximum Gasteiger partial charge on any atom is 0.238 e. The fourth-order valence-electron chi connectivity index (χ4n) is 4.87. The van der Waals surface area contributed by atoms with E-state index >= 15 is 0 Å². The normalized spacial score (nSPS) is 23.1. The number of hydrogen-bond donors (Lipinski definition) is 1. The third-order valence-electron chi connectivity index (χ3n) is 6.33. The first-order valence-corrected chi connectivity index (χ1v) is 11.3. The second kappa shape index (κ2) is 9.75. The highest BCUT2D eigenvalue weighted by Crippen LogP contribution is 2.22. The lowest BCUT2D eigenvalue weighted by Gasteiger charge is -2.38. The van der Waals surface area contributed by atoms with Crippen LogP contribution in [0.15, 0.2) is 36.5 Å². The minimum atomic E-state index is -0.0165. The Bertz CT molecular complexity index is 910. The van der Waals surface area contributed by atoms with Gasteiger partial charge >= 0.3 is 0 Å². The van der Waals surface area contributed by atoms with Crippen LogP contribution in [0.1, 0.15) is 20.3 Å². The maximum absolute atomic E-state index is 12.7. The summed E-state index contributed by atoms with van der Waals surface area (Å²) in [7, 11) is 0. The van der Waals surface area contributed by atoms with Gasteiger partial charge in [-0.2, -0.15) is 0 Å². The summed E-state index contributed by atoms with van der Waals surface area (Å²) in [5, 5.41) is 3.98. The summed E-state index contributed by atoms with van der Waals surface area (Å²) in [6, 6.07) is 9.61. The molecule has 31 heavy (non-hydrogen) atoms. The van der Waals surface area contributed by atoms with Crippen LogP contribution in [0, 0.1) is 11.8 Å². The number of nitrogens with zero attached hydrogens (tertiary/aromatic N) is 4. The third-order valence-corrected chi connectivity index (χ3v) is 6.33. The zero-order valence-electron chi connectivity index (χ0n) is 18.6. The van der Waals surface area contributed by atoms with Gasteiger partial charge in [-0.15, -0.1) is 0 Å². The molecule has 2 aromatic rings. The fourth-order valence-corrected chi connectivity index (χ4v) is 4.87. The van der Waals surface area contributed by atoms with E-state index in [1.165, 1.54) is 6.42 Å². The van der Waals surface area contributed by atoms with Crippen molar-refractivity contribution in [3.8, 4) is 0 Å². The first-order chi connectivity index (χ1) is 15.0. The summed E-state index contributed by atoms with van der Waals surface area (Å²) in [6.45, 7) is 10.3. The van der Waals surface area contributed by atoms with Crippen LogP contribution >= 0.6 is 0 Å². The Morgan fingerprint density at radius 2 is 1.65 bits per heavy atom. The molecule has 0 radical (unpaired) electrons. The lowest BCUT2D eigenvalue weighted by molar-refractivity contribution is -0.135. The number of aromatic nitrogens is 1. The monoisotopic (exact) mass is 423 g/mol. The number of rotatable bonds is 5. The number of carbonyl (C=O) groups excluding carboxylic acids is 2. The predicted molar refractivity (Wildman–Crippen MR) is 123 cm³/mol. The molecule has 1 N–H and O–H groups in total. The topological polar surface area (TPSA) is 68.8 Å². The number of fused-ring (bicyclic) bond motifs is 1. The van der Waals surface area contributed by atoms with E-state index in [2.05, 4.69) is 33.9 Å². The fraction of sp³-hybridized carbons (Fsp3) is 0.542. The Morgan fingerprint density at radius 3 is 2.35 bits per heavy atom. The molecule has 2 fully saturated rings. The highest BCUT2D eigenvalue weighted by molar-refractivity contribution is 6.01. The molecule has 2 aliphatic rings. The quantitative estimate of drug-likeness (QED) is 0.799. The van der Waals surface area contributed by atoms with Crippen molar-refractivity contribution in [2.24, 2.45) is 11.8 Å². The lowest BCUT2D eigenvalue weighted by atomic mass is 9.92. The van der Waals surface area contributed by atoms with Crippen molar-refractivity contribution in [2.75, 3.05) is 57.7 Å². The standard InChI is InChI=1S/C24H33N5O2/c1-18-13-19(2)15-29(14-18)24(31)17-28-11-9-27(10-12-28)16-23(30)26-22-7-3-6-21-20(22)5-4-8-25-21/h3-8,18-19H,9-17H2,1-2H3,(H,26,30)/t18-,19-/m0/s1. The molecule has 0 spiro atoms. The highest BCUT2D eigenvalue weighted by Gasteiger charge is 2.27. The van der Waals surface area contributed by atoms with Gasteiger partial charge < -0.3 is 10.2 Å². The first-order valence-electron chi connectivity index (χ1n) is 11.3. The van der Waals surface area contributed by atoms with Gasteiger partial charge in [-0.3, -0.25) is 24.4 Å². The predicted octanol–water partition coefficient (Wildman–Crippen LogP) is 2.30. The van der Waals surface area contributed by atoms with Gasteiger partial charge in [0.2, 0.25) is 11.8 Å². The van der Waals surface area contributed by atoms with Crippen LogP contribution in [0.4, 0.5) is 5.69 Å². The van der Waals surface area contributed by atoms with Crippen molar-refractivity contribution in [2.45, 2.75) is 20.3 Å². The molecule has 7 heteroatoms. The molecule has 166 valence electrons. The van der Waals surface area contributed by atoms with E-state index in [-0.39, 0.29) is 11.8 Å². The number of hydrogen-bond acceptors (Lipinski definition) is 5. The number of carbonyl (C=O) groups is 2. The van der Waals surface area contributed by atoms with Crippen LogP contribution in [0.3, 0.4) is 0 Å². The number of nitrogens with one attached hydrogen (secondary N) is 1. The third kappa shape index (κ3) is 5.60. The number of pyridine rings is 1. The Balaban J connectivity index is 1.23. The second-order valence-corrected chi connectivity index (χ2v) is 9.22. The molecule has 0 aliphatic carbocycles. The zero-order chi connectivity index (χ0) is 21.8. The van der Waals surface area contributed by atoms with Crippen molar-refractivity contribution in [3.63, 3.8) is 0 Å². The summed E-state index contributed by atoms with van der Waals surface area (Å²) < 4.78 is 0. The number of benzene rings is 1. The van der Waals surface area contributed by atoms with E-state index < -0.39 is 0 Å². The van der Waals surface area contributed by atoms with Gasteiger partial charge in [0.25, 0.3) is 0 Å². The summed E-state index contributed by atoms with van der Waals surface area (Å²) in [5.41, 5.74) is 1.67. The van der Waals surface area contributed by atoms with Gasteiger partial charge in [-0.1, -0.05) is 19.9 Å². The van der Waals surface area contributed by atoms with Gasteiger partial charge in [0.1, 0.15) is 0 Å². The molecule has 2 atom stereocenters. The van der Waals surface area contributed by atoms with Crippen LogP contribution in [0.2, 0.25) is 0 Å². The number of piperazine rings is 1. The Kier molecular flexibility index (Phi) is 6.83. The van der Waals surface area contributed by atoms with Crippen molar-refractivity contribution in [3.05, 3.63) is 36.5 Å². The molecule has 7 nitrogen and oxygen atoms in total. The molecule has 1 aromatic heterocycles. The first kappa shape index (κ1) is 21.7. The maximum atomic E-state index is 12.7. The van der Waals surface area contributed by atoms with Crippen molar-refractivity contribution in [1.82, 2.24) is 19.7 Å². The summed E-state index contributed by atoms with van der Waals surface area (Å²) in [6.07, 6.45) is 2.96. The van der Waals surface area contributed by atoms with Gasteiger partial charge in [-0.05, 0) is 42.5 Å². The minimum Gasteiger partial charge on any atom is -0.341 e. The van der Waals surface area contributed by atoms with Gasteiger partial charge in [0, 0.05) is 50.9 Å². The van der Waals surface area contributed by atoms with Crippen molar-refractivity contribution < 1.29 is 9.59 Å². The number of piperidine rings is 1. The molecule has 1 aromatic carbocycles. The lowest BCUT2D eigenvalue weighted by Crippen LogP contribution is -2.52. The van der Waals surface area contributed by atoms with Gasteiger partial charge in [0.05, 0.1) is 24.3 Å². The smallest absolute Gasteiger partial charge is 0.238 e. The average molecular weight is 424 g/mol. The summed E-state index contributed by atoms with van der Waals surface area (Å²) >= 11 is 0. The molecule has 3 heterocycles. The van der Waals surface area contributed by atoms with E-state index in [9.17, 15) is 9.59 Å². The average Bonchev–Trinajstić information content (AvgIpc) is 2.75. The second-order valence-electron chi connectivity index (χ2n) is 9.22. The molecule has 0 unspecified atom stereocenters. The van der Waals surface area contributed by atoms with Crippen LogP contribution in [-0.4, -0.2) is 83.9 Å². The number of amides is 2. The van der Waals surface area contributed by atoms with Crippen LogP contribution in [-0.2, 0) is 9.59 Å². The molecule has 2 saturated heterocycles. The Hall–Kier alpha value is -2.51. The van der Waals surface area contributed by atoms with Gasteiger partial charge in [0.15, 0.2) is 0 Å². The Morgan fingerprint density at radius 1 is 0.968 bits per heavy atom. The SMILES string of the molecule is C[C@H]1C[C@H](C)CN(C(=O)CN2CCN(CC(=O)Nc3cccc4ncccc34)CC2)C1. The number of likely N-dealkylation sites (tertiary alicyclic amines) is 1. The summed E-state index contributed by atoms with van der Waals surface area (Å²) in [4.78, 5) is 36.1. The van der Waals surface area contributed by atoms with Crippen LogP contribution in [0.25, 0.3) is 10.9 Å². The molecule has 4 rings (SSSR count). The highest BCUT2D eigenvalue weighted by atomic mass is 16.2. The molecule has 0 saturated carbocycles. The molecular weight excluding hydrogens is 390 g/mol. The molecule has 2 amide bonds. The van der Waals surface area contributed by atoms with Crippen molar-refractivity contribution >= 4 is 28.4 Å². The van der Waals surface area contributed by atoms with E-state index in [4.69, 9.17) is 0 Å². The molecular formula is C24H33N5O2. The van der Waals surface area contributed by atoms with Gasteiger partial charge in [-0.25, -0.2) is 0 Å². The van der Waals surface area contributed by atoms with Crippen LogP contribution < -0.4 is 5.32 Å². The van der Waals surface area contributed by atoms with E-state index in [0.717, 1.165) is 55.9 Å². The minimum absolute atomic E-state index is 0.0165. The largest absolute Gasteiger partial charge is 0.341 e. The molecule has 0 bridgehead atoms. The zero-order valence-corrected chi connectivity index (χ0v) is 18.6. The van der Waals surface area contributed by atoms with E-state index in [0.29, 0.717) is 24.9 Å². The molecule has 2 aliphatic heterocycles. The van der Waals surface area contributed by atoms with Crippen molar-refractivity contribution in [1.29, 1.82) is 0 Å². The Labute approximate surface area is 184 Å². The number of anilines is 1. The van der Waals surface area contributed by atoms with Crippen LogP contribution in [0.5, 0.6) is 0 Å².